The van der Waals surface area contributed by atoms with Crippen molar-refractivity contribution in [1.29, 1.82) is 0 Å². The van der Waals surface area contributed by atoms with Crippen LogP contribution < -0.4 is 14.5 Å². The second-order valence-electron chi connectivity index (χ2n) is 10.1. The first-order valence-corrected chi connectivity index (χ1v) is 13.6. The number of hydrogen-bond acceptors (Lipinski definition) is 5. The summed E-state index contributed by atoms with van der Waals surface area (Å²) in [6.45, 7) is 0. The third-order valence-corrected chi connectivity index (χ3v) is 8.73. The van der Waals surface area contributed by atoms with Crippen LogP contribution in [0.4, 0.5) is 11.4 Å². The smallest absolute Gasteiger partial charge is 0.240 e. The Morgan fingerprint density at radius 1 is 0.846 bits per heavy atom. The van der Waals surface area contributed by atoms with Crippen molar-refractivity contribution in [3.8, 4) is 5.75 Å². The lowest BCUT2D eigenvalue weighted by atomic mass is 9.86. The average molecular weight is 579 g/mol. The van der Waals surface area contributed by atoms with E-state index in [1.54, 1.807) is 31.4 Å². The molecule has 6 nitrogen and oxygen atoms in total. The number of nitrogens with zero attached hydrogens (tertiary/aromatic N) is 2. The molecule has 0 N–H and O–H groups in total. The van der Waals surface area contributed by atoms with E-state index in [1.165, 1.54) is 4.90 Å². The number of benzene rings is 4. The number of amides is 2. The number of ketones is 1. The van der Waals surface area contributed by atoms with E-state index in [9.17, 15) is 14.4 Å². The summed E-state index contributed by atoms with van der Waals surface area (Å²) in [5.74, 6) is -1.71. The van der Waals surface area contributed by atoms with Crippen molar-refractivity contribution < 1.29 is 19.1 Å². The molecule has 0 aliphatic carbocycles. The molecule has 0 saturated carbocycles. The van der Waals surface area contributed by atoms with Gasteiger partial charge in [0.05, 0.1) is 35.1 Å². The second-order valence-corrected chi connectivity index (χ2v) is 10.9. The zero-order valence-corrected chi connectivity index (χ0v) is 22.5. The first kappa shape index (κ1) is 23.9. The fourth-order valence-corrected chi connectivity index (χ4v) is 6.91. The van der Waals surface area contributed by atoms with Crippen molar-refractivity contribution in [1.82, 2.24) is 0 Å². The number of ether oxygens (including phenoxy) is 1. The van der Waals surface area contributed by atoms with Gasteiger partial charge in [-0.25, -0.2) is 4.90 Å². The van der Waals surface area contributed by atoms with Gasteiger partial charge in [-0.05, 0) is 68.7 Å². The Morgan fingerprint density at radius 3 is 2.38 bits per heavy atom. The monoisotopic (exact) mass is 578 g/mol. The van der Waals surface area contributed by atoms with Crippen molar-refractivity contribution in [2.75, 3.05) is 16.9 Å². The van der Waals surface area contributed by atoms with Crippen LogP contribution >= 0.6 is 15.9 Å². The van der Waals surface area contributed by atoms with Crippen LogP contribution in [-0.4, -0.2) is 36.8 Å². The maximum Gasteiger partial charge on any atom is 0.240 e. The fourth-order valence-electron chi connectivity index (χ4n) is 6.37. The van der Waals surface area contributed by atoms with Crippen molar-refractivity contribution in [2.45, 2.75) is 12.1 Å². The first-order chi connectivity index (χ1) is 19.0. The average Bonchev–Trinajstić information content (AvgIpc) is 3.44. The highest BCUT2D eigenvalue weighted by Gasteiger charge is 2.64. The molecule has 4 atom stereocenters. The van der Waals surface area contributed by atoms with Gasteiger partial charge in [0.1, 0.15) is 11.8 Å². The lowest BCUT2D eigenvalue weighted by Gasteiger charge is -2.36. The van der Waals surface area contributed by atoms with Crippen LogP contribution in [0.1, 0.15) is 15.9 Å². The molecule has 0 unspecified atom stereocenters. The third kappa shape index (κ3) is 3.49. The lowest BCUT2D eigenvalue weighted by Crippen LogP contribution is -2.48. The molecular formula is C32H23BrN2O4. The number of anilines is 2. The molecule has 2 saturated heterocycles. The predicted molar refractivity (Wildman–Crippen MR) is 154 cm³/mol. The topological polar surface area (TPSA) is 66.9 Å². The van der Waals surface area contributed by atoms with Gasteiger partial charge in [-0.15, -0.1) is 0 Å². The minimum Gasteiger partial charge on any atom is -0.496 e. The molecule has 2 amide bonds. The molecule has 0 aromatic heterocycles. The Hall–Kier alpha value is -4.23. The van der Waals surface area contributed by atoms with Crippen LogP contribution in [-0.2, 0) is 9.59 Å². The summed E-state index contributed by atoms with van der Waals surface area (Å²) in [5.41, 5.74) is 2.78. The number of methoxy groups -OCH3 is 1. The molecule has 7 heteroatoms. The Bertz CT molecular complexity index is 1730. The van der Waals surface area contributed by atoms with Crippen LogP contribution in [0.15, 0.2) is 95.5 Å². The van der Waals surface area contributed by atoms with Gasteiger partial charge in [0.15, 0.2) is 5.78 Å². The summed E-state index contributed by atoms with van der Waals surface area (Å²) in [4.78, 5) is 45.8. The van der Waals surface area contributed by atoms with Gasteiger partial charge >= 0.3 is 0 Å². The minimum atomic E-state index is -0.840. The van der Waals surface area contributed by atoms with Gasteiger partial charge in [0.25, 0.3) is 0 Å². The largest absolute Gasteiger partial charge is 0.496 e. The Labute approximate surface area is 233 Å². The van der Waals surface area contributed by atoms with Crippen LogP contribution in [0.2, 0.25) is 0 Å². The van der Waals surface area contributed by atoms with Gasteiger partial charge in [0, 0.05) is 11.3 Å². The number of hydrogen-bond donors (Lipinski definition) is 0. The number of Topliss-reactive ketones (excluding diaryl/α,β-unsaturated/α-hetero) is 1. The van der Waals surface area contributed by atoms with Gasteiger partial charge in [-0.1, -0.05) is 60.7 Å². The minimum absolute atomic E-state index is 0.206. The Balaban J connectivity index is 1.36. The number of para-hydroxylation sites is 1. The molecule has 3 heterocycles. The van der Waals surface area contributed by atoms with Crippen LogP contribution in [0.25, 0.3) is 16.8 Å². The highest BCUT2D eigenvalue weighted by molar-refractivity contribution is 9.10. The molecular weight excluding hydrogens is 556 g/mol. The van der Waals surface area contributed by atoms with E-state index < -0.39 is 23.9 Å². The van der Waals surface area contributed by atoms with E-state index in [0.717, 1.165) is 22.0 Å². The molecule has 0 radical (unpaired) electrons. The van der Waals surface area contributed by atoms with E-state index in [-0.39, 0.29) is 17.6 Å². The van der Waals surface area contributed by atoms with Crippen molar-refractivity contribution in [3.05, 3.63) is 107 Å². The van der Waals surface area contributed by atoms with E-state index in [4.69, 9.17) is 4.74 Å². The van der Waals surface area contributed by atoms with E-state index in [2.05, 4.69) is 15.9 Å². The zero-order chi connectivity index (χ0) is 26.8. The van der Waals surface area contributed by atoms with Crippen LogP contribution in [0.3, 0.4) is 0 Å². The highest BCUT2D eigenvalue weighted by Crippen LogP contribution is 2.50. The van der Waals surface area contributed by atoms with Crippen molar-refractivity contribution in [3.63, 3.8) is 0 Å². The quantitative estimate of drug-likeness (QED) is 0.223. The summed E-state index contributed by atoms with van der Waals surface area (Å²) < 4.78 is 5.99. The molecule has 7 rings (SSSR count). The number of carbonyl (C=O) groups excluding carboxylic acids is 3. The fraction of sp³-hybridized carbons (Fsp3) is 0.156. The van der Waals surface area contributed by atoms with Crippen molar-refractivity contribution in [2.24, 2.45) is 11.8 Å². The summed E-state index contributed by atoms with van der Waals surface area (Å²) in [5, 5.41) is 1.97. The molecule has 39 heavy (non-hydrogen) atoms. The number of halogens is 1. The highest BCUT2D eigenvalue weighted by atomic mass is 79.9. The summed E-state index contributed by atoms with van der Waals surface area (Å²) in [6, 6.07) is 25.1. The SMILES string of the molecule is COc1ccc(C(=O)[C@H]2[C@@H]3C(=O)N(c4ccc5ccccc5c4)C(=O)[C@@H]3[C@H]3C=Cc4ccccc4N32)cc1Br. The van der Waals surface area contributed by atoms with Crippen molar-refractivity contribution >= 4 is 61.8 Å². The van der Waals surface area contributed by atoms with Crippen LogP contribution in [0, 0.1) is 11.8 Å². The number of rotatable bonds is 4. The van der Waals surface area contributed by atoms with Gasteiger partial charge < -0.3 is 9.64 Å². The molecule has 4 aromatic rings. The maximum atomic E-state index is 14.3. The number of carbonyl (C=O) groups is 3. The third-order valence-electron chi connectivity index (χ3n) is 8.11. The van der Waals surface area contributed by atoms with Gasteiger partial charge in [-0.3, -0.25) is 14.4 Å². The maximum absolute atomic E-state index is 14.3. The molecule has 3 aliphatic heterocycles. The molecule has 4 aromatic carbocycles. The molecule has 3 aliphatic rings. The number of imide groups is 1. The normalized spacial score (nSPS) is 23.1. The molecule has 192 valence electrons. The first-order valence-electron chi connectivity index (χ1n) is 12.8. The molecule has 0 bridgehead atoms. The summed E-state index contributed by atoms with van der Waals surface area (Å²) >= 11 is 3.49. The predicted octanol–water partition coefficient (Wildman–Crippen LogP) is 5.88. The molecule has 2 fully saturated rings. The Morgan fingerprint density at radius 2 is 1.59 bits per heavy atom. The number of fused-ring (bicyclic) bond motifs is 6. The van der Waals surface area contributed by atoms with Gasteiger partial charge in [-0.2, -0.15) is 0 Å². The Kier molecular flexibility index (Phi) is 5.45. The van der Waals surface area contributed by atoms with E-state index in [1.807, 2.05) is 77.7 Å². The summed E-state index contributed by atoms with van der Waals surface area (Å²) in [6.07, 6.45) is 3.95. The zero-order valence-electron chi connectivity index (χ0n) is 21.0. The molecule has 0 spiro atoms. The second kappa shape index (κ2) is 8.92. The van der Waals surface area contributed by atoms with E-state index in [0.29, 0.717) is 21.5 Å². The van der Waals surface area contributed by atoms with Gasteiger partial charge in [0.2, 0.25) is 11.8 Å². The van der Waals surface area contributed by atoms with Crippen LogP contribution in [0.5, 0.6) is 5.75 Å². The standard InChI is InChI=1S/C32H23BrN2O4/c1-39-26-15-12-21(17-23(26)33)30(36)29-28-27(25-14-11-19-7-4-5-9-24(19)35(25)29)31(37)34(32(28)38)22-13-10-18-6-2-3-8-20(18)16-22/h2-17,25,27-29H,1H3/t25-,27-,28-,29-/m1/s1. The van der Waals surface area contributed by atoms with E-state index >= 15 is 0 Å². The summed E-state index contributed by atoms with van der Waals surface area (Å²) in [7, 11) is 1.56. The lowest BCUT2D eigenvalue weighted by molar-refractivity contribution is -0.122.